The van der Waals surface area contributed by atoms with Gasteiger partial charge in [0.05, 0.1) is 4.90 Å². The number of benzene rings is 3. The SMILES string of the molecule is CN(CCC(=O)Cc1ccc(N2CCN(c3ccncc3)CC2)cc1)S(=O)(=O)c1cccc2ccccc12. The third kappa shape index (κ3) is 5.71. The van der Waals surface area contributed by atoms with E-state index in [1.165, 1.54) is 17.0 Å². The highest BCUT2D eigenvalue weighted by Gasteiger charge is 2.23. The molecule has 5 rings (SSSR count). The molecular weight excluding hydrogens is 496 g/mol. The lowest BCUT2D eigenvalue weighted by atomic mass is 10.1. The van der Waals surface area contributed by atoms with Crippen LogP contribution in [0.5, 0.6) is 0 Å². The average Bonchev–Trinajstić information content (AvgIpc) is 2.96. The van der Waals surface area contributed by atoms with Gasteiger partial charge in [0.1, 0.15) is 5.78 Å². The Bertz CT molecular complexity index is 1490. The zero-order valence-corrected chi connectivity index (χ0v) is 22.3. The topological polar surface area (TPSA) is 73.8 Å². The summed E-state index contributed by atoms with van der Waals surface area (Å²) in [6.07, 6.45) is 4.10. The summed E-state index contributed by atoms with van der Waals surface area (Å²) in [7, 11) is -2.17. The summed E-state index contributed by atoms with van der Waals surface area (Å²) >= 11 is 0. The van der Waals surface area contributed by atoms with E-state index in [4.69, 9.17) is 0 Å². The molecule has 0 amide bonds. The molecule has 0 saturated carbocycles. The maximum Gasteiger partial charge on any atom is 0.243 e. The molecule has 1 fully saturated rings. The van der Waals surface area contributed by atoms with Crippen LogP contribution >= 0.6 is 0 Å². The maximum absolute atomic E-state index is 13.2. The largest absolute Gasteiger partial charge is 0.368 e. The highest BCUT2D eigenvalue weighted by molar-refractivity contribution is 7.89. The van der Waals surface area contributed by atoms with Crippen LogP contribution in [0.2, 0.25) is 0 Å². The van der Waals surface area contributed by atoms with Crippen LogP contribution in [0.25, 0.3) is 10.8 Å². The Morgan fingerprint density at radius 3 is 2.11 bits per heavy atom. The summed E-state index contributed by atoms with van der Waals surface area (Å²) in [6, 6.07) is 24.9. The number of hydrogen-bond acceptors (Lipinski definition) is 6. The minimum Gasteiger partial charge on any atom is -0.368 e. The van der Waals surface area contributed by atoms with Crippen LogP contribution in [0, 0.1) is 0 Å². The average molecular weight is 529 g/mol. The van der Waals surface area contributed by atoms with Gasteiger partial charge in [0.2, 0.25) is 10.0 Å². The van der Waals surface area contributed by atoms with Gasteiger partial charge in [-0.05, 0) is 41.3 Å². The number of sulfonamides is 1. The van der Waals surface area contributed by atoms with Crippen LogP contribution < -0.4 is 9.80 Å². The van der Waals surface area contributed by atoms with Gasteiger partial charge < -0.3 is 9.80 Å². The first-order valence-corrected chi connectivity index (χ1v) is 14.3. The molecule has 1 aromatic heterocycles. The molecule has 1 saturated heterocycles. The molecule has 8 heteroatoms. The van der Waals surface area contributed by atoms with Crippen LogP contribution in [-0.4, -0.2) is 63.3 Å². The van der Waals surface area contributed by atoms with Crippen molar-refractivity contribution in [3.8, 4) is 0 Å². The molecule has 1 aliphatic rings. The molecule has 0 unspecified atom stereocenters. The van der Waals surface area contributed by atoms with Crippen LogP contribution in [-0.2, 0) is 21.2 Å². The quantitative estimate of drug-likeness (QED) is 0.321. The molecule has 3 aromatic carbocycles. The van der Waals surface area contributed by atoms with Gasteiger partial charge in [-0.1, -0.05) is 48.5 Å². The van der Waals surface area contributed by atoms with Gasteiger partial charge >= 0.3 is 0 Å². The summed E-state index contributed by atoms with van der Waals surface area (Å²) in [4.78, 5) is 21.8. The fraction of sp³-hybridized carbons (Fsp3) is 0.267. The first-order chi connectivity index (χ1) is 18.4. The first-order valence-electron chi connectivity index (χ1n) is 12.9. The molecule has 196 valence electrons. The van der Waals surface area contributed by atoms with Crippen molar-refractivity contribution in [1.82, 2.24) is 9.29 Å². The number of aromatic nitrogens is 1. The second-order valence-electron chi connectivity index (χ2n) is 9.62. The van der Waals surface area contributed by atoms with E-state index < -0.39 is 10.0 Å². The smallest absolute Gasteiger partial charge is 0.243 e. The minimum atomic E-state index is -3.70. The van der Waals surface area contributed by atoms with E-state index >= 15 is 0 Å². The van der Waals surface area contributed by atoms with E-state index in [1.807, 2.05) is 67.0 Å². The normalized spacial score (nSPS) is 14.3. The van der Waals surface area contributed by atoms with Gasteiger partial charge in [0, 0.05) is 81.8 Å². The molecule has 0 aliphatic carbocycles. The van der Waals surface area contributed by atoms with Crippen molar-refractivity contribution in [3.63, 3.8) is 0 Å². The maximum atomic E-state index is 13.2. The van der Waals surface area contributed by atoms with Gasteiger partial charge in [-0.2, -0.15) is 0 Å². The number of pyridine rings is 1. The fourth-order valence-corrected chi connectivity index (χ4v) is 6.29. The molecule has 0 spiro atoms. The van der Waals surface area contributed by atoms with E-state index in [0.29, 0.717) is 5.39 Å². The number of ketones is 1. The fourth-order valence-electron chi connectivity index (χ4n) is 4.91. The zero-order valence-electron chi connectivity index (χ0n) is 21.5. The lowest BCUT2D eigenvalue weighted by molar-refractivity contribution is -0.118. The Labute approximate surface area is 224 Å². The van der Waals surface area contributed by atoms with Crippen LogP contribution in [0.15, 0.2) is 96.2 Å². The van der Waals surface area contributed by atoms with Crippen molar-refractivity contribution in [2.75, 3.05) is 49.6 Å². The van der Waals surface area contributed by atoms with Crippen molar-refractivity contribution in [3.05, 3.63) is 96.8 Å². The van der Waals surface area contributed by atoms with E-state index in [-0.39, 0.29) is 30.1 Å². The Hall–Kier alpha value is -3.75. The summed E-state index contributed by atoms with van der Waals surface area (Å²) in [6.45, 7) is 3.89. The number of nitrogens with zero attached hydrogens (tertiary/aromatic N) is 4. The standard InChI is InChI=1S/C30H32N4O3S/c1-32(38(36,37)30-8-4-6-25-5-2-3-7-29(25)30)18-15-28(35)23-24-9-11-26(12-10-24)33-19-21-34(22-20-33)27-13-16-31-17-14-27/h2-14,16-17H,15,18-23H2,1H3. The predicted molar refractivity (Wildman–Crippen MR) is 152 cm³/mol. The van der Waals surface area contributed by atoms with Gasteiger partial charge in [-0.3, -0.25) is 9.78 Å². The Morgan fingerprint density at radius 2 is 1.42 bits per heavy atom. The van der Waals surface area contributed by atoms with Crippen LogP contribution in [0.3, 0.4) is 0 Å². The number of rotatable bonds is 9. The first kappa shape index (κ1) is 25.9. The number of piperazine rings is 1. The molecule has 0 radical (unpaired) electrons. The number of hydrogen-bond donors (Lipinski definition) is 0. The van der Waals surface area contributed by atoms with Crippen LogP contribution in [0.4, 0.5) is 11.4 Å². The second kappa shape index (κ2) is 11.3. The molecule has 4 aromatic rings. The van der Waals surface area contributed by atoms with Gasteiger partial charge in [-0.25, -0.2) is 12.7 Å². The van der Waals surface area contributed by atoms with Crippen molar-refractivity contribution in [1.29, 1.82) is 0 Å². The number of carbonyl (C=O) groups excluding carboxylic acids is 1. The van der Waals surface area contributed by atoms with Crippen molar-refractivity contribution >= 4 is 38.0 Å². The van der Waals surface area contributed by atoms with Crippen molar-refractivity contribution in [2.24, 2.45) is 0 Å². The Balaban J connectivity index is 1.13. The van der Waals surface area contributed by atoms with Crippen molar-refractivity contribution in [2.45, 2.75) is 17.7 Å². The predicted octanol–water partition coefficient (Wildman–Crippen LogP) is 4.38. The second-order valence-corrected chi connectivity index (χ2v) is 11.6. The van der Waals surface area contributed by atoms with Gasteiger partial charge in [0.15, 0.2) is 0 Å². The van der Waals surface area contributed by atoms with E-state index in [1.54, 1.807) is 12.1 Å². The molecule has 2 heterocycles. The monoisotopic (exact) mass is 528 g/mol. The number of anilines is 2. The highest BCUT2D eigenvalue weighted by Crippen LogP contribution is 2.25. The van der Waals surface area contributed by atoms with E-state index in [9.17, 15) is 13.2 Å². The summed E-state index contributed by atoms with van der Waals surface area (Å²) in [5, 5.41) is 1.56. The summed E-state index contributed by atoms with van der Waals surface area (Å²) in [5.74, 6) is 0.0173. The van der Waals surface area contributed by atoms with Gasteiger partial charge in [-0.15, -0.1) is 0 Å². The van der Waals surface area contributed by atoms with Gasteiger partial charge in [0.25, 0.3) is 0 Å². The van der Waals surface area contributed by atoms with E-state index in [0.717, 1.165) is 42.8 Å². The molecule has 1 aliphatic heterocycles. The van der Waals surface area contributed by atoms with Crippen LogP contribution in [0.1, 0.15) is 12.0 Å². The third-order valence-electron chi connectivity index (χ3n) is 7.15. The highest BCUT2D eigenvalue weighted by atomic mass is 32.2. The molecule has 38 heavy (non-hydrogen) atoms. The Kier molecular flexibility index (Phi) is 7.72. The Morgan fingerprint density at radius 1 is 0.816 bits per heavy atom. The molecule has 7 nitrogen and oxygen atoms in total. The summed E-state index contributed by atoms with van der Waals surface area (Å²) in [5.41, 5.74) is 3.29. The molecule has 0 atom stereocenters. The third-order valence-corrected chi connectivity index (χ3v) is 9.07. The zero-order chi connectivity index (χ0) is 26.5. The molecule has 0 N–H and O–H groups in total. The van der Waals surface area contributed by atoms with E-state index in [2.05, 4.69) is 26.9 Å². The van der Waals surface area contributed by atoms with Crippen molar-refractivity contribution < 1.29 is 13.2 Å². The number of carbonyl (C=O) groups is 1. The summed E-state index contributed by atoms with van der Waals surface area (Å²) < 4.78 is 27.7. The number of fused-ring (bicyclic) bond motifs is 1. The minimum absolute atomic E-state index is 0.0173. The lowest BCUT2D eigenvalue weighted by Crippen LogP contribution is -2.46. The number of Topliss-reactive ketones (excluding diaryl/α,β-unsaturated/α-hetero) is 1. The molecular formula is C30H32N4O3S. The molecule has 0 bridgehead atoms. The lowest BCUT2D eigenvalue weighted by Gasteiger charge is -2.37.